The van der Waals surface area contributed by atoms with E-state index in [0.717, 1.165) is 15.4 Å². The molecule has 0 aliphatic heterocycles. The molecule has 1 heterocycles. The van der Waals surface area contributed by atoms with Crippen LogP contribution >= 0.6 is 15.9 Å². The van der Waals surface area contributed by atoms with Gasteiger partial charge in [-0.05, 0) is 18.2 Å². The normalized spacial score (nSPS) is 11.2. The van der Waals surface area contributed by atoms with E-state index in [1.807, 2.05) is 0 Å². The summed E-state index contributed by atoms with van der Waals surface area (Å²) in [5.41, 5.74) is 0.0442. The lowest BCUT2D eigenvalue weighted by atomic mass is 10.2. The van der Waals surface area contributed by atoms with E-state index in [-0.39, 0.29) is 0 Å². The Morgan fingerprint density at radius 1 is 1.44 bits per heavy atom. The smallest absolute Gasteiger partial charge is 0.261 e. The molecule has 6 heteroatoms. The molecule has 16 heavy (non-hydrogen) atoms. The minimum absolute atomic E-state index is 0.339. The maximum absolute atomic E-state index is 12.2. The Balaban J connectivity index is 2.61. The van der Waals surface area contributed by atoms with E-state index >= 15 is 0 Å². The van der Waals surface area contributed by atoms with Crippen molar-refractivity contribution in [1.82, 2.24) is 9.55 Å². The summed E-state index contributed by atoms with van der Waals surface area (Å²) in [6.45, 7) is -0.627. The van der Waals surface area contributed by atoms with Gasteiger partial charge in [0.2, 0.25) is 0 Å². The van der Waals surface area contributed by atoms with Crippen molar-refractivity contribution < 1.29 is 8.78 Å². The summed E-state index contributed by atoms with van der Waals surface area (Å²) in [7, 11) is 0. The lowest BCUT2D eigenvalue weighted by molar-refractivity contribution is 0.125. The number of rotatable bonds is 2. The zero-order chi connectivity index (χ0) is 11.7. The molecule has 0 bridgehead atoms. The van der Waals surface area contributed by atoms with E-state index in [9.17, 15) is 13.6 Å². The third kappa shape index (κ3) is 2.11. The molecule has 0 radical (unpaired) electrons. The topological polar surface area (TPSA) is 34.9 Å². The van der Waals surface area contributed by atoms with Crippen LogP contribution in [0.4, 0.5) is 8.78 Å². The van der Waals surface area contributed by atoms with Gasteiger partial charge in [0.1, 0.15) is 0 Å². The monoisotopic (exact) mass is 288 g/mol. The van der Waals surface area contributed by atoms with E-state index < -0.39 is 18.5 Å². The van der Waals surface area contributed by atoms with Gasteiger partial charge in [-0.25, -0.2) is 13.8 Å². The Hall–Kier alpha value is -1.30. The van der Waals surface area contributed by atoms with Crippen molar-refractivity contribution >= 4 is 26.8 Å². The van der Waals surface area contributed by atoms with Crippen LogP contribution in [0.5, 0.6) is 0 Å². The quantitative estimate of drug-likeness (QED) is 0.851. The Labute approximate surface area is 97.9 Å². The van der Waals surface area contributed by atoms with Crippen LogP contribution in [0, 0.1) is 0 Å². The summed E-state index contributed by atoms with van der Waals surface area (Å²) >= 11 is 3.25. The number of aromatic nitrogens is 2. The van der Waals surface area contributed by atoms with E-state index in [1.54, 1.807) is 18.2 Å². The molecule has 2 rings (SSSR count). The Morgan fingerprint density at radius 3 is 2.88 bits per heavy atom. The molecule has 0 spiro atoms. The van der Waals surface area contributed by atoms with Gasteiger partial charge in [-0.1, -0.05) is 15.9 Å². The highest BCUT2D eigenvalue weighted by molar-refractivity contribution is 9.10. The Bertz CT molecular complexity index is 583. The first-order chi connectivity index (χ1) is 7.58. The number of benzene rings is 1. The van der Waals surface area contributed by atoms with Gasteiger partial charge in [0.15, 0.2) is 0 Å². The van der Waals surface area contributed by atoms with E-state index in [2.05, 4.69) is 20.9 Å². The van der Waals surface area contributed by atoms with Gasteiger partial charge in [0, 0.05) is 4.47 Å². The van der Waals surface area contributed by atoms with Crippen LogP contribution < -0.4 is 5.56 Å². The SMILES string of the molecule is O=c1c2ccc(Br)cc2ncn1CC(F)F. The molecule has 0 N–H and O–H groups in total. The number of hydrogen-bond acceptors (Lipinski definition) is 2. The molecular formula is C10H7BrF2N2O. The Kier molecular flexibility index (Phi) is 3.00. The van der Waals surface area contributed by atoms with Crippen molar-refractivity contribution in [1.29, 1.82) is 0 Å². The molecular weight excluding hydrogens is 282 g/mol. The van der Waals surface area contributed by atoms with Gasteiger partial charge < -0.3 is 0 Å². The fourth-order valence-corrected chi connectivity index (χ4v) is 1.76. The average Bonchev–Trinajstić information content (AvgIpc) is 2.22. The van der Waals surface area contributed by atoms with Crippen LogP contribution in [-0.4, -0.2) is 16.0 Å². The summed E-state index contributed by atoms with van der Waals surface area (Å²) < 4.78 is 26.0. The first kappa shape index (κ1) is 11.2. The van der Waals surface area contributed by atoms with Crippen LogP contribution in [0.25, 0.3) is 10.9 Å². The molecule has 1 aromatic heterocycles. The zero-order valence-electron chi connectivity index (χ0n) is 8.03. The maximum atomic E-state index is 12.2. The number of fused-ring (bicyclic) bond motifs is 1. The minimum atomic E-state index is -2.56. The standard InChI is InChI=1S/C10H7BrF2N2O/c11-6-1-2-7-8(3-6)14-5-15(10(7)16)4-9(12)13/h1-3,5,9H,4H2. The van der Waals surface area contributed by atoms with Gasteiger partial charge in [0.05, 0.1) is 23.8 Å². The molecule has 0 fully saturated rings. The van der Waals surface area contributed by atoms with E-state index in [1.165, 1.54) is 0 Å². The van der Waals surface area contributed by atoms with E-state index in [4.69, 9.17) is 0 Å². The van der Waals surface area contributed by atoms with Crippen molar-refractivity contribution in [3.8, 4) is 0 Å². The second-order valence-corrected chi connectivity index (χ2v) is 4.17. The lowest BCUT2D eigenvalue weighted by Gasteiger charge is -2.05. The van der Waals surface area contributed by atoms with Gasteiger partial charge in [-0.3, -0.25) is 9.36 Å². The van der Waals surface area contributed by atoms with Crippen LogP contribution in [0.2, 0.25) is 0 Å². The lowest BCUT2D eigenvalue weighted by Crippen LogP contribution is -2.23. The fourth-order valence-electron chi connectivity index (χ4n) is 1.41. The molecule has 0 unspecified atom stereocenters. The van der Waals surface area contributed by atoms with Crippen LogP contribution in [0.1, 0.15) is 0 Å². The number of nitrogens with zero attached hydrogens (tertiary/aromatic N) is 2. The largest absolute Gasteiger partial charge is 0.293 e. The number of halogens is 3. The predicted octanol–water partition coefficient (Wildman–Crippen LogP) is 2.42. The molecule has 3 nitrogen and oxygen atoms in total. The van der Waals surface area contributed by atoms with Gasteiger partial charge in [0.25, 0.3) is 12.0 Å². The summed E-state index contributed by atoms with van der Waals surface area (Å²) in [5, 5.41) is 0.339. The van der Waals surface area contributed by atoms with E-state index in [0.29, 0.717) is 10.9 Å². The number of hydrogen-bond donors (Lipinski definition) is 0. The second kappa shape index (κ2) is 4.29. The molecule has 84 valence electrons. The fraction of sp³-hybridized carbons (Fsp3) is 0.200. The summed E-state index contributed by atoms with van der Waals surface area (Å²) in [6.07, 6.45) is -1.42. The van der Waals surface area contributed by atoms with Crippen molar-refractivity contribution in [3.05, 3.63) is 39.4 Å². The van der Waals surface area contributed by atoms with Gasteiger partial charge >= 0.3 is 0 Å². The first-order valence-corrected chi connectivity index (χ1v) is 5.30. The van der Waals surface area contributed by atoms with Crippen molar-refractivity contribution in [3.63, 3.8) is 0 Å². The summed E-state index contributed by atoms with van der Waals surface area (Å²) in [5.74, 6) is 0. The molecule has 2 aromatic rings. The highest BCUT2D eigenvalue weighted by atomic mass is 79.9. The molecule has 0 aliphatic rings. The van der Waals surface area contributed by atoms with Crippen molar-refractivity contribution in [2.45, 2.75) is 13.0 Å². The molecule has 0 saturated heterocycles. The average molecular weight is 289 g/mol. The highest BCUT2D eigenvalue weighted by Crippen LogP contribution is 2.14. The molecule has 1 aromatic carbocycles. The molecule has 0 amide bonds. The number of alkyl halides is 2. The molecule has 0 atom stereocenters. The van der Waals surface area contributed by atoms with Crippen LogP contribution in [0.3, 0.4) is 0 Å². The summed E-state index contributed by atoms with van der Waals surface area (Å²) in [4.78, 5) is 15.7. The van der Waals surface area contributed by atoms with Crippen molar-refractivity contribution in [2.24, 2.45) is 0 Å². The van der Waals surface area contributed by atoms with Crippen LogP contribution in [0.15, 0.2) is 33.8 Å². The minimum Gasteiger partial charge on any atom is -0.293 e. The highest BCUT2D eigenvalue weighted by Gasteiger charge is 2.08. The van der Waals surface area contributed by atoms with Crippen LogP contribution in [-0.2, 0) is 6.54 Å². The Morgan fingerprint density at radius 2 is 2.19 bits per heavy atom. The summed E-state index contributed by atoms with van der Waals surface area (Å²) in [6, 6.07) is 4.91. The molecule has 0 saturated carbocycles. The second-order valence-electron chi connectivity index (χ2n) is 3.25. The van der Waals surface area contributed by atoms with Gasteiger partial charge in [-0.15, -0.1) is 0 Å². The third-order valence-electron chi connectivity index (χ3n) is 2.12. The maximum Gasteiger partial charge on any atom is 0.261 e. The molecule has 0 aliphatic carbocycles. The first-order valence-electron chi connectivity index (χ1n) is 4.51. The van der Waals surface area contributed by atoms with Crippen molar-refractivity contribution in [2.75, 3.05) is 0 Å². The third-order valence-corrected chi connectivity index (χ3v) is 2.62. The predicted molar refractivity (Wildman–Crippen MR) is 59.7 cm³/mol. The van der Waals surface area contributed by atoms with Gasteiger partial charge in [-0.2, -0.15) is 0 Å². The zero-order valence-corrected chi connectivity index (χ0v) is 9.62.